The zero-order chi connectivity index (χ0) is 17.7. The maximum Gasteiger partial charge on any atom is 0.344 e. The number of carbonyl (C=O) groups is 3. The molecule has 0 atom stereocenters. The second-order valence-electron chi connectivity index (χ2n) is 5.78. The van der Waals surface area contributed by atoms with E-state index in [2.05, 4.69) is 5.32 Å². The lowest BCUT2D eigenvalue weighted by molar-refractivity contribution is -0.113. The Hall–Kier alpha value is -1.76. The first-order valence-electron chi connectivity index (χ1n) is 8.16. The highest BCUT2D eigenvalue weighted by Crippen LogP contribution is 2.31. The molecule has 0 bridgehead atoms. The van der Waals surface area contributed by atoms with E-state index in [4.69, 9.17) is 9.15 Å². The van der Waals surface area contributed by atoms with Crippen LogP contribution in [0.4, 0.5) is 5.88 Å². The molecular formula is C17H23NO5S. The van der Waals surface area contributed by atoms with E-state index < -0.39 is 5.97 Å². The summed E-state index contributed by atoms with van der Waals surface area (Å²) in [6.45, 7) is 4.78. The molecule has 0 saturated heterocycles. The summed E-state index contributed by atoms with van der Waals surface area (Å²) in [5.74, 6) is -0.639. The van der Waals surface area contributed by atoms with Crippen LogP contribution in [0.1, 0.15) is 66.0 Å². The van der Waals surface area contributed by atoms with Crippen molar-refractivity contribution >= 4 is 35.3 Å². The van der Waals surface area contributed by atoms with E-state index in [1.807, 2.05) is 0 Å². The van der Waals surface area contributed by atoms with E-state index in [0.29, 0.717) is 16.8 Å². The minimum absolute atomic E-state index is 0.000987. The molecule has 0 aliphatic heterocycles. The number of hydrogen-bond donors (Lipinski definition) is 1. The summed E-state index contributed by atoms with van der Waals surface area (Å²) in [6, 6.07) is 0. The fourth-order valence-electron chi connectivity index (χ4n) is 2.87. The third-order valence-corrected chi connectivity index (χ3v) is 5.29. The van der Waals surface area contributed by atoms with Gasteiger partial charge >= 0.3 is 5.97 Å². The quantitative estimate of drug-likeness (QED) is 0.596. The first-order valence-corrected chi connectivity index (χ1v) is 9.21. The molecule has 1 aromatic rings. The molecule has 132 valence electrons. The second kappa shape index (κ2) is 8.37. The van der Waals surface area contributed by atoms with Crippen LogP contribution in [0.5, 0.6) is 0 Å². The van der Waals surface area contributed by atoms with Crippen LogP contribution in [-0.2, 0) is 9.53 Å². The molecule has 0 radical (unpaired) electrons. The van der Waals surface area contributed by atoms with Gasteiger partial charge in [-0.1, -0.05) is 12.8 Å². The summed E-state index contributed by atoms with van der Waals surface area (Å²) in [5.41, 5.74) is 0.160. The standard InChI is InChI=1S/C17H23NO5S/c1-4-22-17(21)15-14(10(2)19)11(3)23-16(15)18-13(20)9-24-12-7-5-6-8-12/h12H,4-9H2,1-3H3,(H,18,20). The zero-order valence-corrected chi connectivity index (χ0v) is 15.1. The first kappa shape index (κ1) is 18.6. The Kier molecular flexibility index (Phi) is 6.48. The smallest absolute Gasteiger partial charge is 0.344 e. The lowest BCUT2D eigenvalue weighted by atomic mass is 10.1. The molecule has 1 amide bonds. The van der Waals surface area contributed by atoms with E-state index in [-0.39, 0.29) is 35.3 Å². The second-order valence-corrected chi connectivity index (χ2v) is 7.07. The lowest BCUT2D eigenvalue weighted by Gasteiger charge is -2.09. The molecule has 0 aromatic carbocycles. The van der Waals surface area contributed by atoms with Crippen LogP contribution in [0.2, 0.25) is 0 Å². The SMILES string of the molecule is CCOC(=O)c1c(NC(=O)CSC2CCCC2)oc(C)c1C(C)=O. The topological polar surface area (TPSA) is 85.6 Å². The Balaban J connectivity index is 2.13. The average Bonchev–Trinajstić information content (AvgIpc) is 3.12. The number of hydrogen-bond acceptors (Lipinski definition) is 6. The number of anilines is 1. The van der Waals surface area contributed by atoms with Crippen molar-refractivity contribution < 1.29 is 23.5 Å². The fraction of sp³-hybridized carbons (Fsp3) is 0.588. The van der Waals surface area contributed by atoms with Crippen LogP contribution in [0, 0.1) is 6.92 Å². The van der Waals surface area contributed by atoms with Crippen molar-refractivity contribution in [2.75, 3.05) is 17.7 Å². The van der Waals surface area contributed by atoms with E-state index >= 15 is 0 Å². The van der Waals surface area contributed by atoms with E-state index in [1.54, 1.807) is 25.6 Å². The number of amides is 1. The molecule has 0 unspecified atom stereocenters. The molecule has 0 spiro atoms. The largest absolute Gasteiger partial charge is 0.462 e. The Morgan fingerprint density at radius 1 is 1.25 bits per heavy atom. The zero-order valence-electron chi connectivity index (χ0n) is 14.3. The Morgan fingerprint density at radius 2 is 1.92 bits per heavy atom. The Labute approximate surface area is 145 Å². The van der Waals surface area contributed by atoms with Crippen LogP contribution in [0.15, 0.2) is 4.42 Å². The van der Waals surface area contributed by atoms with E-state index in [1.165, 1.54) is 19.8 Å². The van der Waals surface area contributed by atoms with Crippen molar-refractivity contribution in [1.29, 1.82) is 0 Å². The third kappa shape index (κ3) is 4.41. The number of esters is 1. The molecule has 2 rings (SSSR count). The maximum atomic E-state index is 12.2. The number of carbonyl (C=O) groups excluding carboxylic acids is 3. The van der Waals surface area contributed by atoms with E-state index in [9.17, 15) is 14.4 Å². The summed E-state index contributed by atoms with van der Waals surface area (Å²) < 4.78 is 10.4. The monoisotopic (exact) mass is 353 g/mol. The van der Waals surface area contributed by atoms with Gasteiger partial charge in [-0.2, -0.15) is 0 Å². The lowest BCUT2D eigenvalue weighted by Crippen LogP contribution is -2.18. The predicted octanol–water partition coefficient (Wildman–Crippen LogP) is 3.58. The Morgan fingerprint density at radius 3 is 2.50 bits per heavy atom. The van der Waals surface area contributed by atoms with Crippen LogP contribution in [0.25, 0.3) is 0 Å². The summed E-state index contributed by atoms with van der Waals surface area (Å²) in [5, 5.41) is 3.13. The van der Waals surface area contributed by atoms with E-state index in [0.717, 1.165) is 12.8 Å². The van der Waals surface area contributed by atoms with Gasteiger partial charge in [0.2, 0.25) is 11.8 Å². The van der Waals surface area contributed by atoms with Gasteiger partial charge in [-0.25, -0.2) is 4.79 Å². The number of rotatable bonds is 7. The van der Waals surface area contributed by atoms with Crippen LogP contribution in [-0.4, -0.2) is 35.3 Å². The maximum absolute atomic E-state index is 12.2. The molecule has 6 nitrogen and oxygen atoms in total. The molecule has 7 heteroatoms. The number of ether oxygens (including phenoxy) is 1. The third-order valence-electron chi connectivity index (χ3n) is 3.92. The Bertz CT molecular complexity index is 631. The normalized spacial score (nSPS) is 14.6. The molecule has 24 heavy (non-hydrogen) atoms. The number of furan rings is 1. The summed E-state index contributed by atoms with van der Waals surface area (Å²) in [7, 11) is 0. The van der Waals surface area contributed by atoms with Crippen molar-refractivity contribution in [3.05, 3.63) is 16.9 Å². The molecule has 1 aliphatic rings. The van der Waals surface area contributed by atoms with Gasteiger partial charge in [-0.3, -0.25) is 14.9 Å². The van der Waals surface area contributed by atoms with Gasteiger partial charge in [0, 0.05) is 5.25 Å². The minimum Gasteiger partial charge on any atom is -0.462 e. The van der Waals surface area contributed by atoms with Crippen molar-refractivity contribution in [3.63, 3.8) is 0 Å². The number of ketones is 1. The van der Waals surface area contributed by atoms with Crippen molar-refractivity contribution in [3.8, 4) is 0 Å². The molecule has 1 aromatic heterocycles. The average molecular weight is 353 g/mol. The minimum atomic E-state index is -0.668. The summed E-state index contributed by atoms with van der Waals surface area (Å²) in [4.78, 5) is 36.1. The van der Waals surface area contributed by atoms with Crippen LogP contribution in [0.3, 0.4) is 0 Å². The molecule has 1 heterocycles. The first-order chi connectivity index (χ1) is 11.4. The van der Waals surface area contributed by atoms with Gasteiger partial charge in [-0.15, -0.1) is 11.8 Å². The van der Waals surface area contributed by atoms with Gasteiger partial charge in [0.1, 0.15) is 11.3 Å². The number of aryl methyl sites for hydroxylation is 1. The van der Waals surface area contributed by atoms with Gasteiger partial charge < -0.3 is 9.15 Å². The number of Topliss-reactive ketones (excluding diaryl/α,β-unsaturated/α-hetero) is 1. The van der Waals surface area contributed by atoms with Crippen LogP contribution < -0.4 is 5.32 Å². The number of nitrogens with one attached hydrogen (secondary N) is 1. The highest BCUT2D eigenvalue weighted by atomic mass is 32.2. The van der Waals surface area contributed by atoms with Gasteiger partial charge in [0.05, 0.1) is 17.9 Å². The van der Waals surface area contributed by atoms with Crippen molar-refractivity contribution in [2.45, 2.75) is 51.7 Å². The van der Waals surface area contributed by atoms with Crippen molar-refractivity contribution in [1.82, 2.24) is 0 Å². The summed E-state index contributed by atoms with van der Waals surface area (Å²) >= 11 is 1.62. The van der Waals surface area contributed by atoms with Gasteiger partial charge in [0.15, 0.2) is 5.78 Å². The number of thioether (sulfide) groups is 1. The molecule has 1 saturated carbocycles. The molecule has 1 fully saturated rings. The van der Waals surface area contributed by atoms with Gasteiger partial charge in [0.25, 0.3) is 0 Å². The molecule has 1 aliphatic carbocycles. The fourth-order valence-corrected chi connectivity index (χ4v) is 3.99. The highest BCUT2D eigenvalue weighted by Gasteiger charge is 2.29. The highest BCUT2D eigenvalue weighted by molar-refractivity contribution is 8.00. The van der Waals surface area contributed by atoms with Crippen molar-refractivity contribution in [2.24, 2.45) is 0 Å². The van der Waals surface area contributed by atoms with Gasteiger partial charge in [-0.05, 0) is 33.6 Å². The van der Waals surface area contributed by atoms with Crippen LogP contribution >= 0.6 is 11.8 Å². The molecule has 1 N–H and O–H groups in total. The molecular weight excluding hydrogens is 330 g/mol. The predicted molar refractivity (Wildman–Crippen MR) is 92.7 cm³/mol. The summed E-state index contributed by atoms with van der Waals surface area (Å²) in [6.07, 6.45) is 4.71.